The minimum Gasteiger partial charge on any atom is -0.348 e. The maximum Gasteiger partial charge on any atom is 0.251 e. The predicted octanol–water partition coefficient (Wildman–Crippen LogP) is 3.80. The van der Waals surface area contributed by atoms with Crippen molar-refractivity contribution in [3.05, 3.63) is 69.4 Å². The van der Waals surface area contributed by atoms with Crippen molar-refractivity contribution in [1.82, 2.24) is 5.32 Å². The lowest BCUT2D eigenvalue weighted by Gasteiger charge is -2.07. The van der Waals surface area contributed by atoms with Crippen molar-refractivity contribution >= 4 is 21.8 Å². The SMILES string of the molecule is O=C(NCc1ccc(F)cc1F)c1ccc(F)c(Br)c1. The van der Waals surface area contributed by atoms with Crippen molar-refractivity contribution in [2.75, 3.05) is 0 Å². The van der Waals surface area contributed by atoms with Gasteiger partial charge in [-0.2, -0.15) is 0 Å². The monoisotopic (exact) mass is 343 g/mol. The van der Waals surface area contributed by atoms with E-state index in [2.05, 4.69) is 21.2 Å². The zero-order valence-corrected chi connectivity index (χ0v) is 11.7. The molecular weight excluding hydrogens is 335 g/mol. The highest BCUT2D eigenvalue weighted by molar-refractivity contribution is 9.10. The molecule has 0 atom stereocenters. The summed E-state index contributed by atoms with van der Waals surface area (Å²) in [6, 6.07) is 6.90. The van der Waals surface area contributed by atoms with Gasteiger partial charge in [0.15, 0.2) is 0 Å². The number of benzene rings is 2. The van der Waals surface area contributed by atoms with Crippen molar-refractivity contribution < 1.29 is 18.0 Å². The molecule has 0 unspecified atom stereocenters. The Balaban J connectivity index is 2.06. The minimum absolute atomic E-state index is 0.0834. The van der Waals surface area contributed by atoms with E-state index in [-0.39, 0.29) is 22.1 Å². The fourth-order valence-corrected chi connectivity index (χ4v) is 1.96. The maximum atomic E-state index is 13.4. The van der Waals surface area contributed by atoms with Crippen molar-refractivity contribution in [2.45, 2.75) is 6.54 Å². The van der Waals surface area contributed by atoms with Gasteiger partial charge in [0.05, 0.1) is 4.47 Å². The molecule has 0 fully saturated rings. The quantitative estimate of drug-likeness (QED) is 0.902. The number of halogens is 4. The standard InChI is InChI=1S/C14H9BrF3NO/c15-11-5-8(2-4-12(11)17)14(20)19-7-9-1-3-10(16)6-13(9)18/h1-6H,7H2,(H,19,20). The first-order valence-corrected chi connectivity index (χ1v) is 6.44. The highest BCUT2D eigenvalue weighted by Gasteiger charge is 2.10. The van der Waals surface area contributed by atoms with E-state index in [9.17, 15) is 18.0 Å². The molecule has 0 aliphatic heterocycles. The van der Waals surface area contributed by atoms with Gasteiger partial charge in [0.25, 0.3) is 5.91 Å². The van der Waals surface area contributed by atoms with E-state index in [1.54, 1.807) is 0 Å². The zero-order chi connectivity index (χ0) is 14.7. The van der Waals surface area contributed by atoms with Gasteiger partial charge >= 0.3 is 0 Å². The molecule has 1 amide bonds. The van der Waals surface area contributed by atoms with Crippen LogP contribution in [0.15, 0.2) is 40.9 Å². The van der Waals surface area contributed by atoms with E-state index < -0.39 is 23.4 Å². The van der Waals surface area contributed by atoms with Gasteiger partial charge in [0, 0.05) is 23.7 Å². The molecule has 0 aliphatic carbocycles. The summed E-state index contributed by atoms with van der Waals surface area (Å²) in [5, 5.41) is 2.48. The maximum absolute atomic E-state index is 13.4. The van der Waals surface area contributed by atoms with E-state index in [4.69, 9.17) is 0 Å². The first kappa shape index (κ1) is 14.6. The average Bonchev–Trinajstić information content (AvgIpc) is 2.40. The molecule has 0 radical (unpaired) electrons. The number of amides is 1. The predicted molar refractivity (Wildman–Crippen MR) is 71.6 cm³/mol. The second-order valence-electron chi connectivity index (χ2n) is 4.05. The summed E-state index contributed by atoms with van der Waals surface area (Å²) in [4.78, 5) is 11.8. The third-order valence-corrected chi connectivity index (χ3v) is 3.24. The number of hydrogen-bond acceptors (Lipinski definition) is 1. The largest absolute Gasteiger partial charge is 0.348 e. The second-order valence-corrected chi connectivity index (χ2v) is 4.90. The molecule has 0 bridgehead atoms. The topological polar surface area (TPSA) is 29.1 Å². The van der Waals surface area contributed by atoms with Gasteiger partial charge in [-0.1, -0.05) is 6.07 Å². The lowest BCUT2D eigenvalue weighted by Crippen LogP contribution is -2.23. The molecule has 6 heteroatoms. The van der Waals surface area contributed by atoms with Crippen LogP contribution in [-0.2, 0) is 6.54 Å². The van der Waals surface area contributed by atoms with E-state index in [1.165, 1.54) is 18.2 Å². The van der Waals surface area contributed by atoms with E-state index in [0.29, 0.717) is 0 Å². The molecule has 0 aromatic heterocycles. The van der Waals surface area contributed by atoms with Gasteiger partial charge in [0.2, 0.25) is 0 Å². The lowest BCUT2D eigenvalue weighted by atomic mass is 10.2. The Morgan fingerprint density at radius 2 is 1.80 bits per heavy atom. The average molecular weight is 344 g/mol. The molecule has 2 aromatic carbocycles. The molecule has 0 saturated heterocycles. The first-order chi connectivity index (χ1) is 9.47. The summed E-state index contributed by atoms with van der Waals surface area (Å²) >= 11 is 2.97. The molecule has 104 valence electrons. The van der Waals surface area contributed by atoms with E-state index >= 15 is 0 Å². The van der Waals surface area contributed by atoms with Gasteiger partial charge in [0.1, 0.15) is 17.5 Å². The van der Waals surface area contributed by atoms with Crippen LogP contribution in [0.1, 0.15) is 15.9 Å². The van der Waals surface area contributed by atoms with Crippen LogP contribution in [-0.4, -0.2) is 5.91 Å². The van der Waals surface area contributed by atoms with Crippen LogP contribution < -0.4 is 5.32 Å². The van der Waals surface area contributed by atoms with Gasteiger partial charge in [-0.05, 0) is 40.2 Å². The molecule has 0 aliphatic rings. The summed E-state index contributed by atoms with van der Waals surface area (Å²) in [5.74, 6) is -2.37. The Labute approximate surface area is 121 Å². The third-order valence-electron chi connectivity index (χ3n) is 2.64. The molecule has 20 heavy (non-hydrogen) atoms. The molecule has 2 nitrogen and oxygen atoms in total. The highest BCUT2D eigenvalue weighted by atomic mass is 79.9. The Hall–Kier alpha value is -1.82. The molecule has 0 saturated carbocycles. The molecule has 2 rings (SSSR count). The van der Waals surface area contributed by atoms with Gasteiger partial charge < -0.3 is 5.32 Å². The smallest absolute Gasteiger partial charge is 0.251 e. The number of carbonyl (C=O) groups excluding carboxylic acids is 1. The molecule has 0 heterocycles. The van der Waals surface area contributed by atoms with Crippen LogP contribution in [0.4, 0.5) is 13.2 Å². The molecule has 0 spiro atoms. The van der Waals surface area contributed by atoms with Crippen LogP contribution in [0.5, 0.6) is 0 Å². The Bertz CT molecular complexity index is 661. The lowest BCUT2D eigenvalue weighted by molar-refractivity contribution is 0.0950. The van der Waals surface area contributed by atoms with Crippen LogP contribution in [0.3, 0.4) is 0 Å². The number of carbonyl (C=O) groups is 1. The normalized spacial score (nSPS) is 10.4. The number of rotatable bonds is 3. The number of nitrogens with one attached hydrogen (secondary N) is 1. The van der Waals surface area contributed by atoms with Gasteiger partial charge in [-0.3, -0.25) is 4.79 Å². The van der Waals surface area contributed by atoms with Crippen LogP contribution in [0.2, 0.25) is 0 Å². The fourth-order valence-electron chi connectivity index (χ4n) is 1.58. The van der Waals surface area contributed by atoms with Crippen LogP contribution >= 0.6 is 15.9 Å². The molecule has 2 aromatic rings. The Morgan fingerprint density at radius 3 is 2.45 bits per heavy atom. The zero-order valence-electron chi connectivity index (χ0n) is 10.1. The van der Waals surface area contributed by atoms with Gasteiger partial charge in [-0.25, -0.2) is 13.2 Å². The Morgan fingerprint density at radius 1 is 1.05 bits per heavy atom. The summed E-state index contributed by atoms with van der Waals surface area (Å²) in [7, 11) is 0. The fraction of sp³-hybridized carbons (Fsp3) is 0.0714. The summed E-state index contributed by atoms with van der Waals surface area (Å²) in [6.07, 6.45) is 0. The second kappa shape index (κ2) is 6.09. The Kier molecular flexibility index (Phi) is 4.44. The van der Waals surface area contributed by atoms with Crippen molar-refractivity contribution in [3.63, 3.8) is 0 Å². The van der Waals surface area contributed by atoms with E-state index in [0.717, 1.165) is 18.2 Å². The number of hydrogen-bond donors (Lipinski definition) is 1. The summed E-state index contributed by atoms with van der Waals surface area (Å²) < 4.78 is 39.3. The molecular formula is C14H9BrF3NO. The van der Waals surface area contributed by atoms with Crippen LogP contribution in [0.25, 0.3) is 0 Å². The highest BCUT2D eigenvalue weighted by Crippen LogP contribution is 2.17. The van der Waals surface area contributed by atoms with Crippen LogP contribution in [0, 0.1) is 17.5 Å². The minimum atomic E-state index is -0.731. The van der Waals surface area contributed by atoms with Crippen molar-refractivity contribution in [2.24, 2.45) is 0 Å². The first-order valence-electron chi connectivity index (χ1n) is 5.64. The van der Waals surface area contributed by atoms with E-state index in [1.807, 2.05) is 0 Å². The van der Waals surface area contributed by atoms with Crippen molar-refractivity contribution in [1.29, 1.82) is 0 Å². The third kappa shape index (κ3) is 3.39. The summed E-state index contributed by atoms with van der Waals surface area (Å²) in [5.41, 5.74) is 0.404. The van der Waals surface area contributed by atoms with Crippen molar-refractivity contribution in [3.8, 4) is 0 Å². The summed E-state index contributed by atoms with van der Waals surface area (Å²) in [6.45, 7) is -0.0834. The molecule has 1 N–H and O–H groups in total. The van der Waals surface area contributed by atoms with Gasteiger partial charge in [-0.15, -0.1) is 0 Å².